The highest BCUT2D eigenvalue weighted by molar-refractivity contribution is 7.80. The van der Waals surface area contributed by atoms with Gasteiger partial charge in [0, 0.05) is 30.9 Å². The van der Waals surface area contributed by atoms with E-state index in [1.54, 1.807) is 14.2 Å². The Morgan fingerprint density at radius 3 is 2.77 bits per heavy atom. The third kappa shape index (κ3) is 4.11. The molecule has 2 N–H and O–H groups in total. The second-order valence-electron chi connectivity index (χ2n) is 4.58. The van der Waals surface area contributed by atoms with Crippen molar-refractivity contribution in [3.63, 3.8) is 0 Å². The highest BCUT2D eigenvalue weighted by Crippen LogP contribution is 2.28. The summed E-state index contributed by atoms with van der Waals surface area (Å²) in [5, 5.41) is 11.0. The van der Waals surface area contributed by atoms with Crippen LogP contribution in [0.5, 0.6) is 11.5 Å². The molecule has 2 aromatic rings. The smallest absolute Gasteiger partial charge is 0.171 e. The van der Waals surface area contributed by atoms with Crippen LogP contribution in [-0.4, -0.2) is 29.1 Å². The molecular formula is C15H20N4O2S. The number of rotatable bonds is 6. The molecule has 0 saturated heterocycles. The van der Waals surface area contributed by atoms with E-state index in [-0.39, 0.29) is 0 Å². The molecule has 22 heavy (non-hydrogen) atoms. The molecule has 0 saturated carbocycles. The first-order chi connectivity index (χ1) is 10.7. The normalized spacial score (nSPS) is 10.1. The summed E-state index contributed by atoms with van der Waals surface area (Å²) in [4.78, 5) is 0. The monoisotopic (exact) mass is 320 g/mol. The van der Waals surface area contributed by atoms with Crippen LogP contribution < -0.4 is 20.1 Å². The molecule has 0 aliphatic heterocycles. The third-order valence-corrected chi connectivity index (χ3v) is 3.37. The Morgan fingerprint density at radius 2 is 2.14 bits per heavy atom. The average molecular weight is 320 g/mol. The zero-order chi connectivity index (χ0) is 15.9. The Morgan fingerprint density at radius 1 is 1.32 bits per heavy atom. The lowest BCUT2D eigenvalue weighted by atomic mass is 10.2. The van der Waals surface area contributed by atoms with Gasteiger partial charge in [-0.15, -0.1) is 0 Å². The molecule has 0 unspecified atom stereocenters. The third-order valence-electron chi connectivity index (χ3n) is 3.12. The maximum atomic E-state index is 5.31. The molecule has 0 bridgehead atoms. The van der Waals surface area contributed by atoms with Crippen LogP contribution in [0.1, 0.15) is 12.5 Å². The Hall–Kier alpha value is -2.28. The first-order valence-electron chi connectivity index (χ1n) is 6.94. The number of nitrogens with zero attached hydrogens (tertiary/aromatic N) is 2. The Balaban J connectivity index is 1.96. The molecule has 0 aliphatic rings. The minimum Gasteiger partial charge on any atom is -0.497 e. The first-order valence-corrected chi connectivity index (χ1v) is 7.35. The fraction of sp³-hybridized carbons (Fsp3) is 0.333. The molecule has 1 aromatic carbocycles. The lowest BCUT2D eigenvalue weighted by molar-refractivity contribution is 0.405. The van der Waals surface area contributed by atoms with Crippen LogP contribution in [0.25, 0.3) is 0 Å². The molecule has 0 amide bonds. The Labute approximate surface area is 135 Å². The van der Waals surface area contributed by atoms with Crippen LogP contribution in [-0.2, 0) is 13.1 Å². The van der Waals surface area contributed by atoms with Gasteiger partial charge in [-0.05, 0) is 31.3 Å². The van der Waals surface area contributed by atoms with Gasteiger partial charge < -0.3 is 20.1 Å². The van der Waals surface area contributed by atoms with Crippen LogP contribution in [0.15, 0.2) is 30.6 Å². The molecular weight excluding hydrogens is 300 g/mol. The molecule has 0 fully saturated rings. The molecule has 118 valence electrons. The topological polar surface area (TPSA) is 60.3 Å². The molecule has 0 aliphatic carbocycles. The van der Waals surface area contributed by atoms with E-state index in [4.69, 9.17) is 21.7 Å². The predicted molar refractivity (Wildman–Crippen MR) is 90.5 cm³/mol. The van der Waals surface area contributed by atoms with Gasteiger partial charge in [-0.1, -0.05) is 0 Å². The quantitative estimate of drug-likeness (QED) is 0.797. The number of benzene rings is 1. The second-order valence-corrected chi connectivity index (χ2v) is 4.99. The van der Waals surface area contributed by atoms with Crippen LogP contribution in [0.3, 0.4) is 0 Å². The van der Waals surface area contributed by atoms with E-state index >= 15 is 0 Å². The van der Waals surface area contributed by atoms with Crippen molar-refractivity contribution < 1.29 is 9.47 Å². The van der Waals surface area contributed by atoms with E-state index in [1.807, 2.05) is 42.2 Å². The van der Waals surface area contributed by atoms with Crippen molar-refractivity contribution in [3.8, 4) is 11.5 Å². The Kier molecular flexibility index (Phi) is 5.60. The number of hydrogen-bond donors (Lipinski definition) is 2. The highest BCUT2D eigenvalue weighted by atomic mass is 32.1. The lowest BCUT2D eigenvalue weighted by Crippen LogP contribution is -2.28. The van der Waals surface area contributed by atoms with Crippen LogP contribution >= 0.6 is 12.2 Å². The van der Waals surface area contributed by atoms with Crippen molar-refractivity contribution in [3.05, 3.63) is 36.2 Å². The number of anilines is 1. The minimum absolute atomic E-state index is 0.510. The van der Waals surface area contributed by atoms with Crippen molar-refractivity contribution in [2.45, 2.75) is 20.0 Å². The minimum atomic E-state index is 0.510. The number of hydrogen-bond acceptors (Lipinski definition) is 4. The Bertz CT molecular complexity index is 642. The standard InChI is InChI=1S/C15H20N4O2S/c1-4-19-10-11(9-17-19)8-16-15(22)18-13-7-12(20-2)5-6-14(13)21-3/h5-7,9-10H,4,8H2,1-3H3,(H2,16,18,22). The molecule has 0 atom stereocenters. The van der Waals surface area contributed by atoms with Gasteiger partial charge >= 0.3 is 0 Å². The van der Waals surface area contributed by atoms with E-state index in [1.165, 1.54) is 0 Å². The summed E-state index contributed by atoms with van der Waals surface area (Å²) in [5.74, 6) is 1.43. The fourth-order valence-electron chi connectivity index (χ4n) is 1.93. The van der Waals surface area contributed by atoms with Crippen LogP contribution in [0.4, 0.5) is 5.69 Å². The molecule has 0 spiro atoms. The summed E-state index contributed by atoms with van der Waals surface area (Å²) in [6.07, 6.45) is 3.81. The number of thiocarbonyl (C=S) groups is 1. The number of aryl methyl sites for hydroxylation is 1. The van der Waals surface area contributed by atoms with Gasteiger partial charge in [-0.3, -0.25) is 4.68 Å². The van der Waals surface area contributed by atoms with Crippen LogP contribution in [0, 0.1) is 0 Å². The highest BCUT2D eigenvalue weighted by Gasteiger charge is 2.07. The zero-order valence-corrected chi connectivity index (χ0v) is 13.7. The van der Waals surface area contributed by atoms with E-state index in [0.29, 0.717) is 17.4 Å². The van der Waals surface area contributed by atoms with Gasteiger partial charge in [-0.25, -0.2) is 0 Å². The summed E-state index contributed by atoms with van der Waals surface area (Å²) < 4.78 is 12.4. The SMILES string of the molecule is CCn1cc(CNC(=S)Nc2cc(OC)ccc2OC)cn1. The predicted octanol–water partition coefficient (Wildman–Crippen LogP) is 2.41. The lowest BCUT2D eigenvalue weighted by Gasteiger charge is -2.14. The maximum Gasteiger partial charge on any atom is 0.171 e. The number of aromatic nitrogens is 2. The molecule has 0 radical (unpaired) electrons. The van der Waals surface area contributed by atoms with Crippen LogP contribution in [0.2, 0.25) is 0 Å². The van der Waals surface area contributed by atoms with E-state index < -0.39 is 0 Å². The van der Waals surface area contributed by atoms with E-state index in [0.717, 1.165) is 23.5 Å². The summed E-state index contributed by atoms with van der Waals surface area (Å²) in [5.41, 5.74) is 1.83. The summed E-state index contributed by atoms with van der Waals surface area (Å²) >= 11 is 5.31. The van der Waals surface area contributed by atoms with Crippen molar-refractivity contribution in [1.82, 2.24) is 15.1 Å². The fourth-order valence-corrected chi connectivity index (χ4v) is 2.11. The van der Waals surface area contributed by atoms with Crippen molar-refractivity contribution in [2.75, 3.05) is 19.5 Å². The van der Waals surface area contributed by atoms with Gasteiger partial charge in [0.05, 0.1) is 26.1 Å². The number of ether oxygens (including phenoxy) is 2. The number of methoxy groups -OCH3 is 2. The average Bonchev–Trinajstić information content (AvgIpc) is 3.01. The van der Waals surface area contributed by atoms with Gasteiger partial charge in [-0.2, -0.15) is 5.10 Å². The maximum absolute atomic E-state index is 5.31. The zero-order valence-electron chi connectivity index (χ0n) is 12.9. The first kappa shape index (κ1) is 16.1. The van der Waals surface area contributed by atoms with Crippen molar-refractivity contribution in [1.29, 1.82) is 0 Å². The second kappa shape index (κ2) is 7.65. The molecule has 6 nitrogen and oxygen atoms in total. The summed E-state index contributed by atoms with van der Waals surface area (Å²) in [6.45, 7) is 3.51. The van der Waals surface area contributed by atoms with Gasteiger partial charge in [0.1, 0.15) is 11.5 Å². The van der Waals surface area contributed by atoms with Crippen molar-refractivity contribution in [2.24, 2.45) is 0 Å². The molecule has 1 heterocycles. The van der Waals surface area contributed by atoms with Gasteiger partial charge in [0.2, 0.25) is 0 Å². The van der Waals surface area contributed by atoms with Crippen molar-refractivity contribution >= 4 is 23.0 Å². The van der Waals surface area contributed by atoms with Gasteiger partial charge in [0.25, 0.3) is 0 Å². The summed E-state index contributed by atoms with van der Waals surface area (Å²) in [7, 11) is 3.23. The van der Waals surface area contributed by atoms with Gasteiger partial charge in [0.15, 0.2) is 5.11 Å². The largest absolute Gasteiger partial charge is 0.497 e. The molecule has 1 aromatic heterocycles. The van der Waals surface area contributed by atoms with E-state index in [2.05, 4.69) is 15.7 Å². The van der Waals surface area contributed by atoms with E-state index in [9.17, 15) is 0 Å². The number of nitrogens with one attached hydrogen (secondary N) is 2. The summed E-state index contributed by atoms with van der Waals surface area (Å²) in [6, 6.07) is 5.50. The molecule has 7 heteroatoms. The molecule has 2 rings (SSSR count).